The van der Waals surface area contributed by atoms with Crippen molar-refractivity contribution in [2.24, 2.45) is 0 Å². The van der Waals surface area contributed by atoms with Crippen LogP contribution in [0.4, 0.5) is 0 Å². The number of hydrogen-bond donors (Lipinski definition) is 1. The van der Waals surface area contributed by atoms with Gasteiger partial charge in [-0.3, -0.25) is 0 Å². The van der Waals surface area contributed by atoms with Gasteiger partial charge in [0.25, 0.3) is 0 Å². The molecule has 18 heavy (non-hydrogen) atoms. The van der Waals surface area contributed by atoms with Crippen LogP contribution in [-0.4, -0.2) is 45.3 Å². The van der Waals surface area contributed by atoms with Crippen LogP contribution in [0.25, 0.3) is 0 Å². The number of aryl methyl sites for hydroxylation is 1. The van der Waals surface area contributed by atoms with E-state index in [1.807, 2.05) is 0 Å². The van der Waals surface area contributed by atoms with Gasteiger partial charge < -0.3 is 15.0 Å². The molecule has 0 bridgehead atoms. The third kappa shape index (κ3) is 5.63. The van der Waals surface area contributed by atoms with Crippen LogP contribution in [0, 0.1) is 0 Å². The number of nitrogens with one attached hydrogen (secondary N) is 1. The predicted molar refractivity (Wildman–Crippen MR) is 76.9 cm³/mol. The Hall–Kier alpha value is -0.900. The maximum absolute atomic E-state index is 5.00. The largest absolute Gasteiger partial charge is 0.383 e. The van der Waals surface area contributed by atoms with Crippen molar-refractivity contribution in [3.8, 4) is 0 Å². The Morgan fingerprint density at radius 2 is 1.89 bits per heavy atom. The van der Waals surface area contributed by atoms with E-state index >= 15 is 0 Å². The van der Waals surface area contributed by atoms with E-state index in [0.29, 0.717) is 0 Å². The summed E-state index contributed by atoms with van der Waals surface area (Å²) < 4.78 is 5.00. The lowest BCUT2D eigenvalue weighted by atomic mass is 10.1. The summed E-state index contributed by atoms with van der Waals surface area (Å²) in [6.45, 7) is 7.01. The van der Waals surface area contributed by atoms with Gasteiger partial charge in [-0.25, -0.2) is 0 Å². The monoisotopic (exact) mass is 250 g/mol. The van der Waals surface area contributed by atoms with Crippen molar-refractivity contribution in [1.82, 2.24) is 10.2 Å². The van der Waals surface area contributed by atoms with Crippen molar-refractivity contribution >= 4 is 0 Å². The van der Waals surface area contributed by atoms with Crippen LogP contribution in [0.1, 0.15) is 18.1 Å². The number of benzene rings is 1. The third-order valence-corrected chi connectivity index (χ3v) is 3.09. The zero-order valence-corrected chi connectivity index (χ0v) is 11.9. The van der Waals surface area contributed by atoms with Gasteiger partial charge in [-0.15, -0.1) is 0 Å². The zero-order valence-electron chi connectivity index (χ0n) is 11.9. The second kappa shape index (κ2) is 9.09. The molecule has 0 saturated carbocycles. The first-order valence-corrected chi connectivity index (χ1v) is 6.73. The first-order valence-electron chi connectivity index (χ1n) is 6.73. The second-order valence-corrected chi connectivity index (χ2v) is 4.60. The first kappa shape index (κ1) is 15.2. The van der Waals surface area contributed by atoms with Crippen LogP contribution in [0.3, 0.4) is 0 Å². The van der Waals surface area contributed by atoms with Gasteiger partial charge in [0.05, 0.1) is 6.61 Å². The molecule has 0 spiro atoms. The minimum Gasteiger partial charge on any atom is -0.383 e. The average molecular weight is 250 g/mol. The normalized spacial score (nSPS) is 11.1. The molecule has 3 heteroatoms. The highest BCUT2D eigenvalue weighted by molar-refractivity contribution is 5.26. The standard InChI is InChI=1S/C15H26N2O/c1-4-14-7-5-6-8-15(14)13-17(2)11-9-16-10-12-18-3/h5-8,16H,4,9-13H2,1-3H3. The predicted octanol–water partition coefficient (Wildman–Crippen LogP) is 1.92. The molecule has 0 unspecified atom stereocenters. The molecule has 102 valence electrons. The van der Waals surface area contributed by atoms with Crippen LogP contribution < -0.4 is 5.32 Å². The Balaban J connectivity index is 2.28. The zero-order chi connectivity index (χ0) is 13.2. The lowest BCUT2D eigenvalue weighted by Crippen LogP contribution is -2.30. The van der Waals surface area contributed by atoms with E-state index in [2.05, 4.69) is 48.5 Å². The number of methoxy groups -OCH3 is 1. The molecule has 0 radical (unpaired) electrons. The summed E-state index contributed by atoms with van der Waals surface area (Å²) in [5, 5.41) is 3.36. The highest BCUT2D eigenvalue weighted by Crippen LogP contribution is 2.11. The summed E-state index contributed by atoms with van der Waals surface area (Å²) in [7, 11) is 3.90. The molecule has 0 aliphatic rings. The summed E-state index contributed by atoms with van der Waals surface area (Å²) in [4.78, 5) is 2.36. The fourth-order valence-corrected chi connectivity index (χ4v) is 2.00. The van der Waals surface area contributed by atoms with Crippen molar-refractivity contribution in [2.75, 3.05) is 40.4 Å². The van der Waals surface area contributed by atoms with Crippen molar-refractivity contribution in [2.45, 2.75) is 19.9 Å². The topological polar surface area (TPSA) is 24.5 Å². The smallest absolute Gasteiger partial charge is 0.0587 e. The maximum atomic E-state index is 5.00. The minimum atomic E-state index is 0.780. The molecular weight excluding hydrogens is 224 g/mol. The van der Waals surface area contributed by atoms with E-state index in [1.165, 1.54) is 11.1 Å². The van der Waals surface area contributed by atoms with Crippen LogP contribution in [0.2, 0.25) is 0 Å². The summed E-state index contributed by atoms with van der Waals surface area (Å²) >= 11 is 0. The van der Waals surface area contributed by atoms with E-state index in [4.69, 9.17) is 4.74 Å². The third-order valence-electron chi connectivity index (χ3n) is 3.09. The fourth-order valence-electron chi connectivity index (χ4n) is 2.00. The molecular formula is C15H26N2O. The average Bonchev–Trinajstić information content (AvgIpc) is 2.39. The van der Waals surface area contributed by atoms with E-state index in [9.17, 15) is 0 Å². The number of likely N-dealkylation sites (N-methyl/N-ethyl adjacent to an activating group) is 1. The molecule has 0 amide bonds. The SMILES string of the molecule is CCc1ccccc1CN(C)CCNCCOC. The molecule has 0 saturated heterocycles. The van der Waals surface area contributed by atoms with Gasteiger partial charge in [-0.05, 0) is 24.6 Å². The summed E-state index contributed by atoms with van der Waals surface area (Å²) in [5.41, 5.74) is 2.90. The Morgan fingerprint density at radius 1 is 1.17 bits per heavy atom. The summed E-state index contributed by atoms with van der Waals surface area (Å²) in [6.07, 6.45) is 1.11. The summed E-state index contributed by atoms with van der Waals surface area (Å²) in [6, 6.07) is 8.70. The van der Waals surface area contributed by atoms with Gasteiger partial charge in [0, 0.05) is 33.3 Å². The highest BCUT2D eigenvalue weighted by Gasteiger charge is 2.03. The van der Waals surface area contributed by atoms with Crippen LogP contribution in [0.5, 0.6) is 0 Å². The molecule has 0 aromatic heterocycles. The molecule has 0 fully saturated rings. The lowest BCUT2D eigenvalue weighted by Gasteiger charge is -2.18. The molecule has 0 atom stereocenters. The van der Waals surface area contributed by atoms with E-state index in [-0.39, 0.29) is 0 Å². The first-order chi connectivity index (χ1) is 8.77. The summed E-state index contributed by atoms with van der Waals surface area (Å²) in [5.74, 6) is 0. The van der Waals surface area contributed by atoms with Crippen molar-refractivity contribution in [1.29, 1.82) is 0 Å². The molecule has 1 aromatic rings. The van der Waals surface area contributed by atoms with Crippen molar-refractivity contribution in [3.63, 3.8) is 0 Å². The van der Waals surface area contributed by atoms with Gasteiger partial charge >= 0.3 is 0 Å². The Labute approximate surface area is 111 Å². The molecule has 3 nitrogen and oxygen atoms in total. The number of ether oxygens (including phenoxy) is 1. The second-order valence-electron chi connectivity index (χ2n) is 4.60. The van der Waals surface area contributed by atoms with E-state index in [1.54, 1.807) is 7.11 Å². The van der Waals surface area contributed by atoms with Crippen LogP contribution in [0.15, 0.2) is 24.3 Å². The Kier molecular flexibility index (Phi) is 7.65. The van der Waals surface area contributed by atoms with Crippen LogP contribution in [-0.2, 0) is 17.7 Å². The van der Waals surface area contributed by atoms with Gasteiger partial charge in [0.2, 0.25) is 0 Å². The lowest BCUT2D eigenvalue weighted by molar-refractivity contribution is 0.197. The van der Waals surface area contributed by atoms with Gasteiger partial charge in [0.15, 0.2) is 0 Å². The molecule has 1 N–H and O–H groups in total. The van der Waals surface area contributed by atoms with E-state index < -0.39 is 0 Å². The Bertz CT molecular complexity index is 328. The fraction of sp³-hybridized carbons (Fsp3) is 0.600. The highest BCUT2D eigenvalue weighted by atomic mass is 16.5. The van der Waals surface area contributed by atoms with Crippen molar-refractivity contribution < 1.29 is 4.74 Å². The van der Waals surface area contributed by atoms with Gasteiger partial charge in [0.1, 0.15) is 0 Å². The quantitative estimate of drug-likeness (QED) is 0.678. The number of nitrogens with zero attached hydrogens (tertiary/aromatic N) is 1. The molecule has 0 heterocycles. The maximum Gasteiger partial charge on any atom is 0.0587 e. The molecule has 0 aliphatic heterocycles. The Morgan fingerprint density at radius 3 is 2.56 bits per heavy atom. The molecule has 0 aliphatic carbocycles. The van der Waals surface area contributed by atoms with Crippen molar-refractivity contribution in [3.05, 3.63) is 35.4 Å². The molecule has 1 aromatic carbocycles. The number of hydrogen-bond acceptors (Lipinski definition) is 3. The van der Waals surface area contributed by atoms with Gasteiger partial charge in [-0.2, -0.15) is 0 Å². The van der Waals surface area contributed by atoms with Gasteiger partial charge in [-0.1, -0.05) is 31.2 Å². The minimum absolute atomic E-state index is 0.780. The van der Waals surface area contributed by atoms with Crippen LogP contribution >= 0.6 is 0 Å². The van der Waals surface area contributed by atoms with E-state index in [0.717, 1.165) is 39.2 Å². The molecule has 1 rings (SSSR count). The number of rotatable bonds is 9.